The van der Waals surface area contributed by atoms with Crippen molar-refractivity contribution in [2.75, 3.05) is 18.8 Å². The molecule has 0 spiro atoms. The maximum atomic E-state index is 12.9. The molecule has 1 aliphatic rings. The lowest BCUT2D eigenvalue weighted by Crippen LogP contribution is -2.53. The predicted octanol–water partition coefficient (Wildman–Crippen LogP) is -0.226. The lowest BCUT2D eigenvalue weighted by atomic mass is 10.1. The summed E-state index contributed by atoms with van der Waals surface area (Å²) < 4.78 is 5.19. The number of hydrogen-bond acceptors (Lipinski definition) is 8. The second kappa shape index (κ2) is 12.3. The molecule has 1 aliphatic heterocycles. The van der Waals surface area contributed by atoms with Crippen molar-refractivity contribution < 1.29 is 24.2 Å². The van der Waals surface area contributed by atoms with Gasteiger partial charge in [-0.3, -0.25) is 15.0 Å². The van der Waals surface area contributed by atoms with Gasteiger partial charge in [0, 0.05) is 18.8 Å². The molecule has 1 rings (SSSR count). The minimum atomic E-state index is -0.982. The summed E-state index contributed by atoms with van der Waals surface area (Å²) in [6.45, 7) is 5.51. The van der Waals surface area contributed by atoms with Crippen molar-refractivity contribution in [3.05, 3.63) is 10.1 Å². The summed E-state index contributed by atoms with van der Waals surface area (Å²) in [5.41, 5.74) is 6.23. The minimum absolute atomic E-state index is 0. The summed E-state index contributed by atoms with van der Waals surface area (Å²) in [6, 6.07) is -0.982. The molecule has 15 heteroatoms. The number of nitro groups is 1. The third-order valence-electron chi connectivity index (χ3n) is 3.58. The number of hydrogen-bond donors (Lipinski definition) is 5. The Kier molecular flexibility index (Phi) is 11.3. The van der Waals surface area contributed by atoms with Crippen LogP contribution in [0, 0.1) is 15.5 Å². The number of thioether (sulfide) groups is 1. The number of nitrogens with zero attached hydrogens (tertiary/aromatic N) is 2. The van der Waals surface area contributed by atoms with Crippen molar-refractivity contribution in [3.63, 3.8) is 0 Å². The molecule has 0 aliphatic carbocycles. The van der Waals surface area contributed by atoms with Crippen LogP contribution in [0.5, 0.6) is 0 Å². The van der Waals surface area contributed by atoms with Gasteiger partial charge in [-0.05, 0) is 33.6 Å². The van der Waals surface area contributed by atoms with Crippen LogP contribution >= 0.6 is 24.2 Å². The first-order valence-electron chi connectivity index (χ1n) is 8.85. The van der Waals surface area contributed by atoms with Crippen LogP contribution in [0.25, 0.3) is 0 Å². The molecule has 0 aromatic heterocycles. The number of ether oxygens (including phenoxy) is 1. The molecule has 6 N–H and O–H groups in total. The number of nitrogens with two attached hydrogens (primary N) is 1. The second-order valence-corrected chi connectivity index (χ2v) is 8.36. The fourth-order valence-corrected chi connectivity index (χ4v) is 3.57. The van der Waals surface area contributed by atoms with Crippen LogP contribution in [0.3, 0.4) is 0 Å². The van der Waals surface area contributed by atoms with Crippen LogP contribution in [-0.4, -0.2) is 69.7 Å². The number of primary amides is 1. The molecule has 0 saturated carbocycles. The van der Waals surface area contributed by atoms with E-state index in [2.05, 4.69) is 10.6 Å². The number of carbonyl (C=O) groups is 3. The third-order valence-corrected chi connectivity index (χ3v) is 4.80. The standard InChI is InChI=1S/C15H27N7O6S.ClH/c1-15(2,3)28-14(25)19-9(5-4-6-18-13(17)20-22(26)27)11(24)21-7-8-29-12(21)10(16)23;/h9,12H,4-8H2,1-3H3,(H2,16,23)(H,19,25)(H3,17,18,20);1H/t9-,12?;/m0./s1. The van der Waals surface area contributed by atoms with Gasteiger partial charge in [-0.2, -0.15) is 0 Å². The number of rotatable bonds is 8. The van der Waals surface area contributed by atoms with Gasteiger partial charge in [0.05, 0.1) is 0 Å². The van der Waals surface area contributed by atoms with Gasteiger partial charge in [-0.1, -0.05) is 5.43 Å². The zero-order chi connectivity index (χ0) is 22.2. The van der Waals surface area contributed by atoms with E-state index in [9.17, 15) is 24.5 Å². The van der Waals surface area contributed by atoms with Crippen LogP contribution in [-0.2, 0) is 14.3 Å². The normalized spacial score (nSPS) is 16.6. The Morgan fingerprint density at radius 2 is 2.03 bits per heavy atom. The molecule has 1 heterocycles. The Morgan fingerprint density at radius 3 is 2.57 bits per heavy atom. The van der Waals surface area contributed by atoms with Crippen LogP contribution in [0.1, 0.15) is 33.6 Å². The van der Waals surface area contributed by atoms with Gasteiger partial charge in [0.2, 0.25) is 5.91 Å². The number of alkyl carbamates (subject to hydrolysis) is 1. The lowest BCUT2D eigenvalue weighted by molar-refractivity contribution is -0.525. The Balaban J connectivity index is 0.00000841. The quantitative estimate of drug-likeness (QED) is 0.105. The highest BCUT2D eigenvalue weighted by Gasteiger charge is 2.37. The molecule has 172 valence electrons. The zero-order valence-electron chi connectivity index (χ0n) is 16.9. The van der Waals surface area contributed by atoms with Crippen LogP contribution < -0.4 is 21.8 Å². The van der Waals surface area contributed by atoms with Gasteiger partial charge in [0.15, 0.2) is 10.4 Å². The largest absolute Gasteiger partial charge is 0.444 e. The molecular weight excluding hydrogens is 442 g/mol. The topological polar surface area (TPSA) is 193 Å². The first kappa shape index (κ1) is 27.5. The average molecular weight is 470 g/mol. The summed E-state index contributed by atoms with van der Waals surface area (Å²) in [5, 5.41) is 20.9. The van der Waals surface area contributed by atoms with Gasteiger partial charge in [0.25, 0.3) is 11.9 Å². The van der Waals surface area contributed by atoms with Crippen molar-refractivity contribution in [1.29, 1.82) is 5.41 Å². The van der Waals surface area contributed by atoms with E-state index in [1.54, 1.807) is 26.2 Å². The number of nitrogens with one attached hydrogen (secondary N) is 4. The van der Waals surface area contributed by atoms with Gasteiger partial charge in [-0.15, -0.1) is 24.2 Å². The lowest BCUT2D eigenvalue weighted by Gasteiger charge is -2.28. The number of carbonyl (C=O) groups excluding carboxylic acids is 3. The molecule has 13 nitrogen and oxygen atoms in total. The van der Waals surface area contributed by atoms with Gasteiger partial charge in [0.1, 0.15) is 11.6 Å². The highest BCUT2D eigenvalue weighted by Crippen LogP contribution is 2.24. The first-order chi connectivity index (χ1) is 13.4. The van der Waals surface area contributed by atoms with Crippen LogP contribution in [0.15, 0.2) is 0 Å². The highest BCUT2D eigenvalue weighted by molar-refractivity contribution is 8.00. The summed E-state index contributed by atoms with van der Waals surface area (Å²) >= 11 is 1.25. The molecule has 1 saturated heterocycles. The van der Waals surface area contributed by atoms with Crippen molar-refractivity contribution >= 4 is 48.0 Å². The summed E-state index contributed by atoms with van der Waals surface area (Å²) in [5.74, 6) is -1.06. The Labute approximate surface area is 184 Å². The van der Waals surface area contributed by atoms with Gasteiger partial charge < -0.3 is 26.0 Å². The molecule has 30 heavy (non-hydrogen) atoms. The molecule has 0 aromatic rings. The minimum Gasteiger partial charge on any atom is -0.444 e. The molecular formula is C15H28ClN7O6S. The van der Waals surface area contributed by atoms with Crippen molar-refractivity contribution in [3.8, 4) is 0 Å². The fraction of sp³-hybridized carbons (Fsp3) is 0.733. The van der Waals surface area contributed by atoms with Crippen LogP contribution in [0.4, 0.5) is 4.79 Å². The summed E-state index contributed by atoms with van der Waals surface area (Å²) in [7, 11) is 0. The van der Waals surface area contributed by atoms with Gasteiger partial charge >= 0.3 is 6.09 Å². The number of hydrazine groups is 1. The van der Waals surface area contributed by atoms with E-state index in [-0.39, 0.29) is 25.4 Å². The van der Waals surface area contributed by atoms with E-state index in [0.29, 0.717) is 18.7 Å². The average Bonchev–Trinajstić information content (AvgIpc) is 3.04. The second-order valence-electron chi connectivity index (χ2n) is 7.17. The molecule has 1 unspecified atom stereocenters. The molecule has 3 amide bonds. The fourth-order valence-electron chi connectivity index (χ4n) is 2.49. The van der Waals surface area contributed by atoms with E-state index in [4.69, 9.17) is 15.9 Å². The predicted molar refractivity (Wildman–Crippen MR) is 113 cm³/mol. The van der Waals surface area contributed by atoms with E-state index < -0.39 is 45.9 Å². The Morgan fingerprint density at radius 1 is 1.40 bits per heavy atom. The monoisotopic (exact) mass is 469 g/mol. The third kappa shape index (κ3) is 9.82. The van der Waals surface area contributed by atoms with E-state index >= 15 is 0 Å². The van der Waals surface area contributed by atoms with Crippen molar-refractivity contribution in [2.24, 2.45) is 5.73 Å². The molecule has 1 fully saturated rings. The van der Waals surface area contributed by atoms with E-state index in [1.165, 1.54) is 16.7 Å². The maximum Gasteiger partial charge on any atom is 0.408 e. The number of halogens is 1. The molecule has 0 bridgehead atoms. The zero-order valence-corrected chi connectivity index (χ0v) is 18.6. The van der Waals surface area contributed by atoms with Crippen molar-refractivity contribution in [1.82, 2.24) is 21.0 Å². The molecule has 0 radical (unpaired) electrons. The Hall–Kier alpha value is -2.48. The van der Waals surface area contributed by atoms with Crippen molar-refractivity contribution in [2.45, 2.75) is 50.6 Å². The maximum absolute atomic E-state index is 12.9. The summed E-state index contributed by atoms with van der Waals surface area (Å²) in [6.07, 6.45) is -0.325. The number of amides is 3. The van der Waals surface area contributed by atoms with Gasteiger partial charge in [-0.25, -0.2) is 14.9 Å². The van der Waals surface area contributed by atoms with E-state index in [0.717, 1.165) is 0 Å². The summed E-state index contributed by atoms with van der Waals surface area (Å²) in [4.78, 5) is 48.2. The molecule has 2 atom stereocenters. The van der Waals surface area contributed by atoms with Crippen LogP contribution in [0.2, 0.25) is 0 Å². The highest BCUT2D eigenvalue weighted by atomic mass is 35.5. The first-order valence-corrected chi connectivity index (χ1v) is 9.90. The molecule has 0 aromatic carbocycles. The smallest absolute Gasteiger partial charge is 0.408 e. The number of guanidine groups is 1. The Bertz CT molecular complexity index is 660. The van der Waals surface area contributed by atoms with E-state index in [1.807, 2.05) is 0 Å². The SMILES string of the molecule is CC(C)(C)OC(=O)N[C@@H](CCCNC(=N)N[N+](=O)[O-])C(=O)N1CCSC1C(N)=O.Cl.